The summed E-state index contributed by atoms with van der Waals surface area (Å²) in [5, 5.41) is 3.99. The molecule has 5 heteroatoms. The zero-order chi connectivity index (χ0) is 15.8. The lowest BCUT2D eigenvalue weighted by Crippen LogP contribution is -2.17. The fourth-order valence-electron chi connectivity index (χ4n) is 1.73. The molecule has 0 radical (unpaired) electrons. The molecule has 0 aliphatic carbocycles. The molecule has 22 heavy (non-hydrogen) atoms. The molecule has 2 aromatic rings. The van der Waals surface area contributed by atoms with Gasteiger partial charge in [-0.2, -0.15) is 5.10 Å². The van der Waals surface area contributed by atoms with E-state index in [-0.39, 0.29) is 5.91 Å². The Labute approximate surface area is 143 Å². The van der Waals surface area contributed by atoms with Gasteiger partial charge in [-0.25, -0.2) is 5.43 Å². The van der Waals surface area contributed by atoms with Gasteiger partial charge in [0.25, 0.3) is 5.91 Å². The number of nitrogens with one attached hydrogen (secondary N) is 1. The van der Waals surface area contributed by atoms with Crippen LogP contribution in [0.25, 0.3) is 0 Å². The molecule has 2 rings (SSSR count). The van der Waals surface area contributed by atoms with Crippen molar-refractivity contribution in [2.45, 2.75) is 13.3 Å². The fourth-order valence-corrected chi connectivity index (χ4v) is 2.25. The highest BCUT2D eigenvalue weighted by atomic mass is 127. The number of hydrogen-bond donors (Lipinski definition) is 1. The van der Waals surface area contributed by atoms with Gasteiger partial charge in [-0.05, 0) is 59.3 Å². The largest absolute Gasteiger partial charge is 0.494 e. The summed E-state index contributed by atoms with van der Waals surface area (Å²) in [4.78, 5) is 12.0. The van der Waals surface area contributed by atoms with Crippen LogP contribution in [-0.4, -0.2) is 18.7 Å². The summed E-state index contributed by atoms with van der Waals surface area (Å²) >= 11 is 2.23. The van der Waals surface area contributed by atoms with Crippen molar-refractivity contribution in [3.63, 3.8) is 0 Å². The molecule has 0 fully saturated rings. The van der Waals surface area contributed by atoms with E-state index in [0.717, 1.165) is 21.3 Å². The predicted molar refractivity (Wildman–Crippen MR) is 96.4 cm³/mol. The van der Waals surface area contributed by atoms with Crippen LogP contribution < -0.4 is 10.2 Å². The molecule has 1 amide bonds. The smallest absolute Gasteiger partial charge is 0.271 e. The first-order valence-electron chi connectivity index (χ1n) is 7.01. The number of rotatable bonds is 6. The van der Waals surface area contributed by atoms with Crippen LogP contribution in [-0.2, 0) is 0 Å². The number of hydrogen-bond acceptors (Lipinski definition) is 3. The third kappa shape index (κ3) is 4.84. The van der Waals surface area contributed by atoms with Gasteiger partial charge in [0.05, 0.1) is 12.8 Å². The Balaban J connectivity index is 1.93. The quantitative estimate of drug-likeness (QED) is 0.449. The lowest BCUT2D eigenvalue weighted by molar-refractivity contribution is 0.0955. The molecule has 0 heterocycles. The van der Waals surface area contributed by atoms with Crippen LogP contribution in [0.1, 0.15) is 29.3 Å². The molecular weight excluding hydrogens is 391 g/mol. The van der Waals surface area contributed by atoms with Crippen LogP contribution in [0.15, 0.2) is 53.6 Å². The van der Waals surface area contributed by atoms with Crippen molar-refractivity contribution in [2.75, 3.05) is 6.61 Å². The van der Waals surface area contributed by atoms with Crippen molar-refractivity contribution in [2.24, 2.45) is 5.10 Å². The molecule has 0 unspecified atom stereocenters. The van der Waals surface area contributed by atoms with Crippen LogP contribution in [0.3, 0.4) is 0 Å². The van der Waals surface area contributed by atoms with E-state index in [4.69, 9.17) is 4.74 Å². The Morgan fingerprint density at radius 2 is 1.95 bits per heavy atom. The molecule has 0 bridgehead atoms. The first-order chi connectivity index (χ1) is 10.7. The maximum absolute atomic E-state index is 12.0. The normalized spacial score (nSPS) is 10.6. The minimum atomic E-state index is -0.246. The van der Waals surface area contributed by atoms with Crippen molar-refractivity contribution in [1.82, 2.24) is 5.43 Å². The Hall–Kier alpha value is -1.89. The third-order valence-electron chi connectivity index (χ3n) is 2.86. The first-order valence-corrected chi connectivity index (χ1v) is 8.09. The Morgan fingerprint density at radius 3 is 2.64 bits per heavy atom. The summed E-state index contributed by atoms with van der Waals surface area (Å²) in [5.41, 5.74) is 4.03. The van der Waals surface area contributed by atoms with Crippen molar-refractivity contribution >= 4 is 34.7 Å². The summed E-state index contributed by atoms with van der Waals surface area (Å²) in [6.45, 7) is 2.72. The van der Waals surface area contributed by atoms with Crippen molar-refractivity contribution in [3.05, 3.63) is 63.2 Å². The monoisotopic (exact) mass is 408 g/mol. The highest BCUT2D eigenvalue weighted by Crippen LogP contribution is 2.12. The zero-order valence-corrected chi connectivity index (χ0v) is 14.4. The minimum Gasteiger partial charge on any atom is -0.494 e. The standard InChI is InChI=1S/C17H17IN2O2/c1-2-11-22-15-9-7-13(8-10-15)17(21)20-19-12-14-5-3-4-6-16(14)18/h3-10,12H,2,11H2,1H3,(H,20,21)/b19-12+. The number of amides is 1. The summed E-state index contributed by atoms with van der Waals surface area (Å²) in [7, 11) is 0. The molecule has 0 aliphatic rings. The van der Waals surface area contributed by atoms with E-state index in [1.165, 1.54) is 0 Å². The predicted octanol–water partition coefficient (Wildman–Crippen LogP) is 3.84. The molecule has 2 aromatic carbocycles. The Kier molecular flexibility index (Phi) is 6.39. The lowest BCUT2D eigenvalue weighted by atomic mass is 10.2. The van der Waals surface area contributed by atoms with E-state index in [1.807, 2.05) is 31.2 Å². The molecule has 4 nitrogen and oxygen atoms in total. The lowest BCUT2D eigenvalue weighted by Gasteiger charge is -2.05. The summed E-state index contributed by atoms with van der Waals surface area (Å²) in [6.07, 6.45) is 2.59. The van der Waals surface area contributed by atoms with Gasteiger partial charge in [-0.15, -0.1) is 0 Å². The molecule has 1 N–H and O–H groups in total. The maximum atomic E-state index is 12.0. The number of halogens is 1. The molecule has 0 spiro atoms. The van der Waals surface area contributed by atoms with Crippen molar-refractivity contribution in [3.8, 4) is 5.75 Å². The van der Waals surface area contributed by atoms with E-state index < -0.39 is 0 Å². The molecule has 114 valence electrons. The number of carbonyl (C=O) groups excluding carboxylic acids is 1. The fraction of sp³-hybridized carbons (Fsp3) is 0.176. The van der Waals surface area contributed by atoms with Gasteiger partial charge < -0.3 is 4.74 Å². The van der Waals surface area contributed by atoms with Gasteiger partial charge in [-0.3, -0.25) is 4.79 Å². The first kappa shape index (κ1) is 16.5. The number of nitrogens with zero attached hydrogens (tertiary/aromatic N) is 1. The van der Waals surface area contributed by atoms with Crippen LogP contribution in [0.5, 0.6) is 5.75 Å². The van der Waals surface area contributed by atoms with E-state index in [2.05, 4.69) is 33.1 Å². The van der Waals surface area contributed by atoms with Crippen LogP contribution >= 0.6 is 22.6 Å². The Morgan fingerprint density at radius 1 is 1.23 bits per heavy atom. The molecule has 0 saturated carbocycles. The van der Waals surface area contributed by atoms with Gasteiger partial charge in [0.2, 0.25) is 0 Å². The highest BCUT2D eigenvalue weighted by molar-refractivity contribution is 14.1. The zero-order valence-electron chi connectivity index (χ0n) is 12.3. The van der Waals surface area contributed by atoms with Crippen LogP contribution in [0.2, 0.25) is 0 Å². The molecular formula is C17H17IN2O2. The van der Waals surface area contributed by atoms with E-state index in [9.17, 15) is 4.79 Å². The van der Waals surface area contributed by atoms with E-state index >= 15 is 0 Å². The van der Waals surface area contributed by atoms with Gasteiger partial charge >= 0.3 is 0 Å². The molecule has 0 atom stereocenters. The summed E-state index contributed by atoms with van der Waals surface area (Å²) in [5.74, 6) is 0.518. The van der Waals surface area contributed by atoms with E-state index in [0.29, 0.717) is 12.2 Å². The molecule has 0 aliphatic heterocycles. The van der Waals surface area contributed by atoms with Gasteiger partial charge in [-0.1, -0.05) is 25.1 Å². The second-order valence-electron chi connectivity index (χ2n) is 4.59. The van der Waals surface area contributed by atoms with Crippen LogP contribution in [0.4, 0.5) is 0 Å². The third-order valence-corrected chi connectivity index (χ3v) is 3.85. The maximum Gasteiger partial charge on any atom is 0.271 e. The highest BCUT2D eigenvalue weighted by Gasteiger charge is 2.04. The number of hydrazone groups is 1. The Bertz CT molecular complexity index is 654. The second-order valence-corrected chi connectivity index (χ2v) is 5.76. The van der Waals surface area contributed by atoms with Crippen LogP contribution in [0, 0.1) is 3.57 Å². The molecule has 0 aromatic heterocycles. The number of benzene rings is 2. The summed E-state index contributed by atoms with van der Waals surface area (Å²) in [6, 6.07) is 14.8. The van der Waals surface area contributed by atoms with E-state index in [1.54, 1.807) is 30.5 Å². The van der Waals surface area contributed by atoms with Gasteiger partial charge in [0.15, 0.2) is 0 Å². The number of carbonyl (C=O) groups is 1. The average Bonchev–Trinajstić information content (AvgIpc) is 2.55. The van der Waals surface area contributed by atoms with Gasteiger partial charge in [0, 0.05) is 14.7 Å². The van der Waals surface area contributed by atoms with Gasteiger partial charge in [0.1, 0.15) is 5.75 Å². The second kappa shape index (κ2) is 8.53. The summed E-state index contributed by atoms with van der Waals surface area (Å²) < 4.78 is 6.56. The van der Waals surface area contributed by atoms with Crippen molar-refractivity contribution in [1.29, 1.82) is 0 Å². The topological polar surface area (TPSA) is 50.7 Å². The molecule has 0 saturated heterocycles. The number of ether oxygens (including phenoxy) is 1. The van der Waals surface area contributed by atoms with Crippen molar-refractivity contribution < 1.29 is 9.53 Å². The SMILES string of the molecule is CCCOc1ccc(C(=O)N/N=C/c2ccccc2I)cc1. The minimum absolute atomic E-state index is 0.246. The average molecular weight is 408 g/mol.